The number of amides is 1. The number of aryl methyl sites for hydroxylation is 1. The van der Waals surface area contributed by atoms with Crippen molar-refractivity contribution in [2.45, 2.75) is 32.4 Å². The van der Waals surface area contributed by atoms with Crippen molar-refractivity contribution in [3.05, 3.63) is 124 Å². The van der Waals surface area contributed by atoms with Gasteiger partial charge in [-0.1, -0.05) is 42.5 Å². The van der Waals surface area contributed by atoms with Gasteiger partial charge in [0.05, 0.1) is 5.69 Å². The van der Waals surface area contributed by atoms with E-state index in [1.165, 1.54) is 34.5 Å². The van der Waals surface area contributed by atoms with Crippen molar-refractivity contribution in [3.8, 4) is 11.6 Å². The molecule has 6 nitrogen and oxygen atoms in total. The van der Waals surface area contributed by atoms with Gasteiger partial charge < -0.3 is 10.1 Å². The summed E-state index contributed by atoms with van der Waals surface area (Å²) in [6, 6.07) is 25.7. The van der Waals surface area contributed by atoms with E-state index in [1.807, 2.05) is 25.1 Å². The lowest BCUT2D eigenvalue weighted by molar-refractivity contribution is 0.0938. The van der Waals surface area contributed by atoms with Gasteiger partial charge in [0.2, 0.25) is 5.88 Å². The van der Waals surface area contributed by atoms with Gasteiger partial charge in [0.15, 0.2) is 0 Å². The molecule has 0 aliphatic heterocycles. The van der Waals surface area contributed by atoms with Crippen molar-refractivity contribution in [3.63, 3.8) is 0 Å². The number of aromatic nitrogens is 2. The van der Waals surface area contributed by atoms with Crippen molar-refractivity contribution in [1.29, 1.82) is 0 Å². The van der Waals surface area contributed by atoms with Gasteiger partial charge in [0.1, 0.15) is 12.4 Å². The Morgan fingerprint density at radius 2 is 1.71 bits per heavy atom. The summed E-state index contributed by atoms with van der Waals surface area (Å²) < 4.78 is 20.2. The first-order valence-electron chi connectivity index (χ1n) is 11.4. The number of carbonyl (C=O) groups excluding carboxylic acids is 1. The van der Waals surface area contributed by atoms with Gasteiger partial charge in [-0.2, -0.15) is 4.68 Å². The molecule has 0 saturated carbocycles. The average molecular weight is 472 g/mol. The second-order valence-electron chi connectivity index (χ2n) is 8.29. The standard InChI is InChI=1S/C28H26FN3O3/c1-20(10-11-21-6-3-2-4-7-21)30-28(34)23-12-14-25(15-13-23)32-27(33)17-16-26(31-32)35-19-22-8-5-9-24(29)18-22/h2-9,12-18,20H,10-11,19H2,1H3,(H,30,34)/t20-/m0/s1. The topological polar surface area (TPSA) is 73.2 Å². The molecule has 0 bridgehead atoms. The van der Waals surface area contributed by atoms with E-state index in [9.17, 15) is 14.0 Å². The van der Waals surface area contributed by atoms with Crippen LogP contribution in [-0.2, 0) is 13.0 Å². The molecule has 7 heteroatoms. The zero-order valence-electron chi connectivity index (χ0n) is 19.4. The Balaban J connectivity index is 1.38. The van der Waals surface area contributed by atoms with E-state index >= 15 is 0 Å². The maximum absolute atomic E-state index is 13.4. The summed E-state index contributed by atoms with van der Waals surface area (Å²) in [6.45, 7) is 2.10. The normalized spacial score (nSPS) is 11.6. The molecule has 1 atom stereocenters. The first-order chi connectivity index (χ1) is 17.0. The number of nitrogens with one attached hydrogen (secondary N) is 1. The summed E-state index contributed by atoms with van der Waals surface area (Å²) in [7, 11) is 0. The molecule has 4 rings (SSSR count). The second kappa shape index (κ2) is 11.2. The third kappa shape index (κ3) is 6.63. The molecule has 0 unspecified atom stereocenters. The Bertz CT molecular complexity index is 1340. The molecule has 1 amide bonds. The van der Waals surface area contributed by atoms with Crippen LogP contribution in [0.4, 0.5) is 4.39 Å². The Morgan fingerprint density at radius 3 is 2.46 bits per heavy atom. The number of nitrogens with zero attached hydrogens (tertiary/aromatic N) is 2. The number of ether oxygens (including phenoxy) is 1. The molecule has 1 aromatic heterocycles. The number of rotatable bonds is 9. The monoisotopic (exact) mass is 471 g/mol. The van der Waals surface area contributed by atoms with Crippen LogP contribution in [0, 0.1) is 5.82 Å². The molecule has 1 heterocycles. The fourth-order valence-corrected chi connectivity index (χ4v) is 3.60. The zero-order valence-corrected chi connectivity index (χ0v) is 19.4. The van der Waals surface area contributed by atoms with E-state index in [-0.39, 0.29) is 35.8 Å². The summed E-state index contributed by atoms with van der Waals surface area (Å²) in [6.07, 6.45) is 1.71. The maximum Gasteiger partial charge on any atom is 0.271 e. The minimum atomic E-state index is -0.348. The summed E-state index contributed by atoms with van der Waals surface area (Å²) in [5.41, 5.74) is 2.54. The van der Waals surface area contributed by atoms with E-state index in [2.05, 4.69) is 22.5 Å². The first-order valence-corrected chi connectivity index (χ1v) is 11.4. The molecule has 0 aliphatic rings. The Morgan fingerprint density at radius 1 is 0.971 bits per heavy atom. The maximum atomic E-state index is 13.4. The molecule has 178 valence electrons. The number of carbonyl (C=O) groups is 1. The van der Waals surface area contributed by atoms with Crippen LogP contribution >= 0.6 is 0 Å². The molecule has 0 fully saturated rings. The Kier molecular flexibility index (Phi) is 7.67. The molecule has 0 aliphatic carbocycles. The van der Waals surface area contributed by atoms with E-state index < -0.39 is 0 Å². The molecule has 0 spiro atoms. The van der Waals surface area contributed by atoms with Crippen LogP contribution in [-0.4, -0.2) is 21.7 Å². The smallest absolute Gasteiger partial charge is 0.271 e. The first kappa shape index (κ1) is 23.9. The fourth-order valence-electron chi connectivity index (χ4n) is 3.60. The lowest BCUT2D eigenvalue weighted by atomic mass is 10.1. The van der Waals surface area contributed by atoms with Crippen LogP contribution in [0.5, 0.6) is 5.88 Å². The van der Waals surface area contributed by atoms with E-state index in [0.717, 1.165) is 12.8 Å². The summed E-state index contributed by atoms with van der Waals surface area (Å²) in [5.74, 6) is -0.300. The fraction of sp³-hybridized carbons (Fsp3) is 0.179. The lowest BCUT2D eigenvalue weighted by Gasteiger charge is -2.14. The van der Waals surface area contributed by atoms with Crippen LogP contribution in [0.2, 0.25) is 0 Å². The highest BCUT2D eigenvalue weighted by Gasteiger charge is 2.11. The third-order valence-electron chi connectivity index (χ3n) is 5.51. The van der Waals surface area contributed by atoms with Gasteiger partial charge in [0.25, 0.3) is 11.5 Å². The largest absolute Gasteiger partial charge is 0.472 e. The minimum absolute atomic E-state index is 0.0126. The number of hydrogen-bond donors (Lipinski definition) is 1. The van der Waals surface area contributed by atoms with Gasteiger partial charge in [-0.25, -0.2) is 4.39 Å². The molecular formula is C28H26FN3O3. The SMILES string of the molecule is C[C@@H](CCc1ccccc1)NC(=O)c1ccc(-n2nc(OCc3cccc(F)c3)ccc2=O)cc1. The van der Waals surface area contributed by atoms with Crippen molar-refractivity contribution in [1.82, 2.24) is 15.1 Å². The number of benzene rings is 3. The van der Waals surface area contributed by atoms with Crippen LogP contribution in [0.1, 0.15) is 34.8 Å². The molecule has 0 radical (unpaired) electrons. The average Bonchev–Trinajstić information content (AvgIpc) is 2.88. The summed E-state index contributed by atoms with van der Waals surface area (Å²) in [4.78, 5) is 25.0. The van der Waals surface area contributed by atoms with Crippen molar-refractivity contribution in [2.75, 3.05) is 0 Å². The van der Waals surface area contributed by atoms with E-state index in [4.69, 9.17) is 4.74 Å². The molecule has 35 heavy (non-hydrogen) atoms. The molecule has 1 N–H and O–H groups in total. The summed E-state index contributed by atoms with van der Waals surface area (Å²) in [5, 5.41) is 7.26. The molecule has 4 aromatic rings. The minimum Gasteiger partial charge on any atom is -0.472 e. The van der Waals surface area contributed by atoms with Gasteiger partial charge >= 0.3 is 0 Å². The lowest BCUT2D eigenvalue weighted by Crippen LogP contribution is -2.32. The highest BCUT2D eigenvalue weighted by Crippen LogP contribution is 2.13. The Labute approximate surface area is 203 Å². The number of hydrogen-bond acceptors (Lipinski definition) is 4. The van der Waals surface area contributed by atoms with Gasteiger partial charge in [0, 0.05) is 23.7 Å². The van der Waals surface area contributed by atoms with Gasteiger partial charge in [-0.3, -0.25) is 9.59 Å². The zero-order chi connectivity index (χ0) is 24.6. The highest BCUT2D eigenvalue weighted by molar-refractivity contribution is 5.94. The van der Waals surface area contributed by atoms with E-state index in [1.54, 1.807) is 36.4 Å². The molecule has 3 aromatic carbocycles. The van der Waals surface area contributed by atoms with Crippen LogP contribution in [0.15, 0.2) is 95.8 Å². The molecular weight excluding hydrogens is 445 g/mol. The van der Waals surface area contributed by atoms with Gasteiger partial charge in [-0.15, -0.1) is 5.10 Å². The predicted molar refractivity (Wildman–Crippen MR) is 132 cm³/mol. The van der Waals surface area contributed by atoms with Crippen molar-refractivity contribution >= 4 is 5.91 Å². The summed E-state index contributed by atoms with van der Waals surface area (Å²) >= 11 is 0. The van der Waals surface area contributed by atoms with Crippen LogP contribution in [0.3, 0.4) is 0 Å². The van der Waals surface area contributed by atoms with Gasteiger partial charge in [-0.05, 0) is 67.3 Å². The predicted octanol–water partition coefficient (Wildman–Crippen LogP) is 4.70. The molecule has 0 saturated heterocycles. The van der Waals surface area contributed by atoms with Crippen LogP contribution in [0.25, 0.3) is 5.69 Å². The third-order valence-corrected chi connectivity index (χ3v) is 5.51. The van der Waals surface area contributed by atoms with Crippen molar-refractivity contribution in [2.24, 2.45) is 0 Å². The highest BCUT2D eigenvalue weighted by atomic mass is 19.1. The van der Waals surface area contributed by atoms with Crippen LogP contribution < -0.4 is 15.6 Å². The van der Waals surface area contributed by atoms with E-state index in [0.29, 0.717) is 16.8 Å². The Hall–Kier alpha value is -4.26. The quantitative estimate of drug-likeness (QED) is 0.384. The van der Waals surface area contributed by atoms with Crippen molar-refractivity contribution < 1.29 is 13.9 Å². The second-order valence-corrected chi connectivity index (χ2v) is 8.29. The number of halogens is 1.